The van der Waals surface area contributed by atoms with E-state index < -0.39 is 49.3 Å². The number of nitroso groups, excluding NO2 is 1. The first kappa shape index (κ1) is 23.9. The highest BCUT2D eigenvalue weighted by Crippen LogP contribution is 2.25. The van der Waals surface area contributed by atoms with Crippen LogP contribution in [0.2, 0.25) is 0 Å². The third kappa shape index (κ3) is 6.47. The van der Waals surface area contributed by atoms with Crippen molar-refractivity contribution in [3.05, 3.63) is 4.91 Å². The number of carbonyl (C=O) groups excluding carboxylic acids is 1. The van der Waals surface area contributed by atoms with Crippen LogP contribution in [-0.4, -0.2) is 94.2 Å². The molecule has 2 unspecified atom stereocenters. The maximum absolute atomic E-state index is 11.9. The summed E-state index contributed by atoms with van der Waals surface area (Å²) in [6.07, 6.45) is -9.59. The lowest BCUT2D eigenvalue weighted by molar-refractivity contribution is -0.342. The van der Waals surface area contributed by atoms with Crippen LogP contribution in [0, 0.1) is 4.91 Å². The Morgan fingerprint density at radius 2 is 2.00 bits per heavy atom. The molecule has 1 saturated heterocycles. The number of amides is 2. The number of nitrogens with zero attached hydrogens (tertiary/aromatic N) is 2. The molecule has 12 nitrogen and oxygen atoms in total. The molecule has 1 fully saturated rings. The molecule has 2 amide bonds. The molecule has 0 spiro atoms. The third-order valence-electron chi connectivity index (χ3n) is 3.89. The Morgan fingerprint density at radius 1 is 1.33 bits per heavy atom. The number of alkyl halides is 1. The summed E-state index contributed by atoms with van der Waals surface area (Å²) in [6.45, 7) is 1.67. The molecule has 7 atom stereocenters. The second-order valence-corrected chi connectivity index (χ2v) is 6.20. The van der Waals surface area contributed by atoms with Gasteiger partial charge in [0, 0.05) is 13.0 Å². The van der Waals surface area contributed by atoms with Crippen LogP contribution < -0.4 is 5.32 Å². The first-order valence-electron chi connectivity index (χ1n) is 8.33. The fourth-order valence-corrected chi connectivity index (χ4v) is 2.58. The predicted octanol–water partition coefficient (Wildman–Crippen LogP) is -1.17. The Morgan fingerprint density at radius 3 is 2.52 bits per heavy atom. The van der Waals surface area contributed by atoms with Crippen molar-refractivity contribution in [2.24, 2.45) is 5.29 Å². The topological polar surface area (TPSA) is 170 Å². The molecule has 5 N–H and O–H groups in total. The molecule has 0 aromatic carbocycles. The van der Waals surface area contributed by atoms with Crippen LogP contribution in [0.4, 0.5) is 4.79 Å². The molecule has 0 aromatic rings. The van der Waals surface area contributed by atoms with E-state index in [-0.39, 0.29) is 12.4 Å². The average molecular weight is 416 g/mol. The van der Waals surface area contributed by atoms with Gasteiger partial charge in [-0.25, -0.2) is 4.79 Å². The molecule has 0 bridgehead atoms. The number of methoxy groups -OCH3 is 1. The summed E-state index contributed by atoms with van der Waals surface area (Å²) in [5.41, 5.74) is 0. The number of rotatable bonds is 10. The predicted molar refractivity (Wildman–Crippen MR) is 91.2 cm³/mol. The molecule has 0 aromatic heterocycles. The van der Waals surface area contributed by atoms with Crippen molar-refractivity contribution in [1.82, 2.24) is 10.3 Å². The van der Waals surface area contributed by atoms with Crippen molar-refractivity contribution in [3.8, 4) is 0 Å². The second kappa shape index (κ2) is 11.7. The van der Waals surface area contributed by atoms with E-state index in [4.69, 9.17) is 25.8 Å². The molecule has 27 heavy (non-hydrogen) atoms. The number of aliphatic hydroxyl groups excluding tert-OH is 4. The van der Waals surface area contributed by atoms with Crippen LogP contribution in [0.15, 0.2) is 5.29 Å². The molecular formula is C14H26ClN3O9. The monoisotopic (exact) mass is 415 g/mol. The van der Waals surface area contributed by atoms with Crippen LogP contribution in [0.3, 0.4) is 0 Å². The van der Waals surface area contributed by atoms with E-state index in [1.807, 2.05) is 12.2 Å². The van der Waals surface area contributed by atoms with E-state index in [1.165, 1.54) is 7.11 Å². The van der Waals surface area contributed by atoms with Crippen molar-refractivity contribution < 1.29 is 39.4 Å². The fourth-order valence-electron chi connectivity index (χ4n) is 2.42. The van der Waals surface area contributed by atoms with Crippen LogP contribution >= 0.6 is 11.6 Å². The van der Waals surface area contributed by atoms with Crippen LogP contribution in [0.1, 0.15) is 19.8 Å². The SMILES string of the molecule is CCCC(OC)O[C@H]1O[C@H](C(O)NC(=O)N(CCCl)N=O)[C@@H](O)[C@H](O)[C@H]1O. The Balaban J connectivity index is 2.82. The maximum atomic E-state index is 11.9. The van der Waals surface area contributed by atoms with Gasteiger partial charge in [-0.2, -0.15) is 5.01 Å². The minimum absolute atomic E-state index is 0.0749. The highest BCUT2D eigenvalue weighted by atomic mass is 35.5. The number of hydrogen-bond donors (Lipinski definition) is 5. The first-order valence-corrected chi connectivity index (χ1v) is 8.87. The smallest absolute Gasteiger partial charge is 0.342 e. The van der Waals surface area contributed by atoms with Gasteiger partial charge in [0.1, 0.15) is 24.4 Å². The van der Waals surface area contributed by atoms with Crippen LogP contribution in [0.5, 0.6) is 0 Å². The maximum Gasteiger partial charge on any atom is 0.342 e. The Labute approximate surface area is 160 Å². The van der Waals surface area contributed by atoms with Crippen molar-refractivity contribution in [3.63, 3.8) is 0 Å². The van der Waals surface area contributed by atoms with Crippen molar-refractivity contribution >= 4 is 17.6 Å². The van der Waals surface area contributed by atoms with E-state index in [0.717, 1.165) is 0 Å². The summed E-state index contributed by atoms with van der Waals surface area (Å²) < 4.78 is 15.8. The minimum atomic E-state index is -1.85. The normalized spacial score (nSPS) is 30.4. The lowest BCUT2D eigenvalue weighted by Gasteiger charge is -2.42. The largest absolute Gasteiger partial charge is 0.387 e. The number of urea groups is 1. The molecule has 158 valence electrons. The summed E-state index contributed by atoms with van der Waals surface area (Å²) in [4.78, 5) is 22.5. The fraction of sp³-hybridized carbons (Fsp3) is 0.929. The van der Waals surface area contributed by atoms with Gasteiger partial charge >= 0.3 is 6.03 Å². The number of hydrogen-bond acceptors (Lipinski definition) is 10. The van der Waals surface area contributed by atoms with Crippen molar-refractivity contribution in [2.75, 3.05) is 19.5 Å². The molecule has 0 saturated carbocycles. The van der Waals surface area contributed by atoms with Crippen LogP contribution in [-0.2, 0) is 14.2 Å². The average Bonchev–Trinajstić information content (AvgIpc) is 2.65. The van der Waals surface area contributed by atoms with E-state index in [1.54, 1.807) is 0 Å². The molecule has 1 aliphatic rings. The number of aliphatic hydroxyl groups is 4. The molecule has 1 rings (SSSR count). The number of carbonyl (C=O) groups is 1. The third-order valence-corrected chi connectivity index (χ3v) is 4.06. The minimum Gasteiger partial charge on any atom is -0.387 e. The second-order valence-electron chi connectivity index (χ2n) is 5.82. The van der Waals surface area contributed by atoms with Gasteiger partial charge < -0.3 is 40.0 Å². The number of nitrogens with one attached hydrogen (secondary N) is 1. The summed E-state index contributed by atoms with van der Waals surface area (Å²) in [7, 11) is 1.38. The zero-order valence-corrected chi connectivity index (χ0v) is 15.7. The standard InChI is InChI=1S/C14H26ClN3O9/c1-3-4-7(25-2)26-13-10(21)8(19)9(20)11(27-13)12(22)16-14(23)18(17-24)6-5-15/h7-13,19-22H,3-6H2,1-2H3,(H,16,23)/t7?,8-,9-,10+,11-,12?,13-/m0/s1. The van der Waals surface area contributed by atoms with E-state index in [9.17, 15) is 30.1 Å². The lowest BCUT2D eigenvalue weighted by Crippen LogP contribution is -2.64. The van der Waals surface area contributed by atoms with Gasteiger partial charge in [0.05, 0.1) is 11.8 Å². The highest BCUT2D eigenvalue weighted by Gasteiger charge is 2.48. The summed E-state index contributed by atoms with van der Waals surface area (Å²) in [6, 6.07) is -1.09. The highest BCUT2D eigenvalue weighted by molar-refractivity contribution is 6.18. The molecule has 1 heterocycles. The van der Waals surface area contributed by atoms with E-state index in [2.05, 4.69) is 5.29 Å². The van der Waals surface area contributed by atoms with Gasteiger partial charge in [-0.15, -0.1) is 16.5 Å². The van der Waals surface area contributed by atoms with Gasteiger partial charge in [0.25, 0.3) is 0 Å². The summed E-state index contributed by atoms with van der Waals surface area (Å²) >= 11 is 5.43. The Kier molecular flexibility index (Phi) is 10.3. The van der Waals surface area contributed by atoms with Gasteiger partial charge in [0.15, 0.2) is 18.8 Å². The molecule has 1 aliphatic heterocycles. The van der Waals surface area contributed by atoms with E-state index in [0.29, 0.717) is 17.9 Å². The van der Waals surface area contributed by atoms with Gasteiger partial charge in [-0.05, 0) is 6.42 Å². The number of halogens is 1. The first-order chi connectivity index (χ1) is 12.8. The number of ether oxygens (including phenoxy) is 3. The zero-order chi connectivity index (χ0) is 20.6. The quantitative estimate of drug-likeness (QED) is 0.128. The van der Waals surface area contributed by atoms with Crippen LogP contribution in [0.25, 0.3) is 0 Å². The summed E-state index contributed by atoms with van der Waals surface area (Å²) in [5.74, 6) is -0.0749. The van der Waals surface area contributed by atoms with Gasteiger partial charge in [0.2, 0.25) is 0 Å². The van der Waals surface area contributed by atoms with E-state index >= 15 is 0 Å². The van der Waals surface area contributed by atoms with Gasteiger partial charge in [-0.3, -0.25) is 0 Å². The molecule has 13 heteroatoms. The Bertz CT molecular complexity index is 475. The van der Waals surface area contributed by atoms with Crippen molar-refractivity contribution in [1.29, 1.82) is 0 Å². The van der Waals surface area contributed by atoms with Crippen molar-refractivity contribution in [2.45, 2.75) is 63.0 Å². The van der Waals surface area contributed by atoms with Gasteiger partial charge in [-0.1, -0.05) is 13.3 Å². The zero-order valence-electron chi connectivity index (χ0n) is 15.0. The molecular weight excluding hydrogens is 390 g/mol. The lowest BCUT2D eigenvalue weighted by atomic mass is 9.98. The molecule has 0 aliphatic carbocycles. The summed E-state index contributed by atoms with van der Waals surface area (Å²) in [5, 5.41) is 45.1. The molecule has 0 radical (unpaired) electrons. The Hall–Kier alpha value is -1.12.